The number of halogens is 1. The molecule has 88 valence electrons. The Morgan fingerprint density at radius 2 is 2.07 bits per heavy atom. The molecule has 0 radical (unpaired) electrons. The van der Waals surface area contributed by atoms with E-state index in [1.807, 2.05) is 0 Å². The predicted molar refractivity (Wildman–Crippen MR) is 53.4 cm³/mol. The number of carboxylic acids is 1. The molecule has 15 heavy (non-hydrogen) atoms. The lowest BCUT2D eigenvalue weighted by Crippen LogP contribution is -2.52. The van der Waals surface area contributed by atoms with Gasteiger partial charge in [-0.25, -0.2) is 9.18 Å². The Labute approximate surface area is 88.7 Å². The van der Waals surface area contributed by atoms with Gasteiger partial charge < -0.3 is 15.1 Å². The third-order valence-electron chi connectivity index (χ3n) is 2.95. The molecule has 0 saturated carbocycles. The van der Waals surface area contributed by atoms with Crippen LogP contribution in [0.15, 0.2) is 0 Å². The second-order valence-electron chi connectivity index (χ2n) is 4.15. The second-order valence-corrected chi connectivity index (χ2v) is 4.15. The largest absolute Gasteiger partial charge is 0.479 e. The van der Waals surface area contributed by atoms with E-state index in [0.29, 0.717) is 13.1 Å². The van der Waals surface area contributed by atoms with Gasteiger partial charge in [0.2, 0.25) is 6.17 Å². The van der Waals surface area contributed by atoms with E-state index in [4.69, 9.17) is 5.11 Å². The normalized spacial score (nSPS) is 23.7. The summed E-state index contributed by atoms with van der Waals surface area (Å²) in [7, 11) is 0. The number of nitrogens with zero attached hydrogens (tertiary/aromatic N) is 1. The molecule has 1 aliphatic heterocycles. The van der Waals surface area contributed by atoms with Gasteiger partial charge in [-0.1, -0.05) is 6.92 Å². The number of likely N-dealkylation sites (tertiary alicyclic amines) is 1. The molecule has 0 aromatic heterocycles. The van der Waals surface area contributed by atoms with Crippen molar-refractivity contribution in [2.75, 3.05) is 19.6 Å². The van der Waals surface area contributed by atoms with Crippen LogP contribution in [0.3, 0.4) is 0 Å². The van der Waals surface area contributed by atoms with Gasteiger partial charge in [0.15, 0.2) is 0 Å². The predicted octanol–water partition coefficient (Wildman–Crippen LogP) is 0.646. The van der Waals surface area contributed by atoms with Crippen LogP contribution < -0.4 is 0 Å². The fraction of sp³-hybridized carbons (Fsp3) is 0.900. The third kappa shape index (κ3) is 2.89. The highest BCUT2D eigenvalue weighted by molar-refractivity contribution is 5.73. The molecule has 1 aliphatic rings. The van der Waals surface area contributed by atoms with E-state index in [1.54, 1.807) is 0 Å². The van der Waals surface area contributed by atoms with E-state index in [1.165, 1.54) is 0 Å². The molecule has 1 rings (SSSR count). The van der Waals surface area contributed by atoms with Crippen LogP contribution in [0.1, 0.15) is 26.2 Å². The van der Waals surface area contributed by atoms with Crippen molar-refractivity contribution in [2.24, 2.45) is 0 Å². The minimum atomic E-state index is -2.17. The summed E-state index contributed by atoms with van der Waals surface area (Å²) in [4.78, 5) is 12.6. The number of carboxylic acid groups (broad SMARTS) is 1. The summed E-state index contributed by atoms with van der Waals surface area (Å²) in [5, 5.41) is 18.3. The molecule has 0 amide bonds. The fourth-order valence-corrected chi connectivity index (χ4v) is 1.96. The molecule has 0 aromatic carbocycles. The molecule has 1 saturated heterocycles. The third-order valence-corrected chi connectivity index (χ3v) is 2.95. The lowest BCUT2D eigenvalue weighted by Gasteiger charge is -2.38. The van der Waals surface area contributed by atoms with Crippen LogP contribution in [0.5, 0.6) is 0 Å². The van der Waals surface area contributed by atoms with Crippen molar-refractivity contribution in [3.05, 3.63) is 0 Å². The Hall–Kier alpha value is -0.680. The standard InChI is InChI=1S/C10H18FNO3/c1-2-5-12-6-3-10(15,4-7-12)8(11)9(13)14/h8,15H,2-7H2,1H3,(H,13,14). The Kier molecular flexibility index (Phi) is 4.04. The zero-order valence-electron chi connectivity index (χ0n) is 8.95. The number of hydrogen-bond donors (Lipinski definition) is 2. The number of aliphatic carboxylic acids is 1. The molecule has 2 N–H and O–H groups in total. The van der Waals surface area contributed by atoms with Crippen LogP contribution >= 0.6 is 0 Å². The first kappa shape index (κ1) is 12.4. The highest BCUT2D eigenvalue weighted by atomic mass is 19.1. The summed E-state index contributed by atoms with van der Waals surface area (Å²) in [6, 6.07) is 0. The van der Waals surface area contributed by atoms with Gasteiger partial charge in [-0.15, -0.1) is 0 Å². The topological polar surface area (TPSA) is 60.8 Å². The molecular weight excluding hydrogens is 201 g/mol. The Balaban J connectivity index is 2.50. The molecular formula is C10H18FNO3. The number of hydrogen-bond acceptors (Lipinski definition) is 3. The van der Waals surface area contributed by atoms with Gasteiger partial charge in [0.05, 0.1) is 0 Å². The fourth-order valence-electron chi connectivity index (χ4n) is 1.96. The number of rotatable bonds is 4. The summed E-state index contributed by atoms with van der Waals surface area (Å²) in [6.07, 6.45) is -0.765. The van der Waals surface area contributed by atoms with Gasteiger partial charge >= 0.3 is 5.97 Å². The van der Waals surface area contributed by atoms with Crippen LogP contribution in [0.25, 0.3) is 0 Å². The first-order valence-corrected chi connectivity index (χ1v) is 5.31. The summed E-state index contributed by atoms with van der Waals surface area (Å²) in [5.74, 6) is -1.57. The first-order chi connectivity index (χ1) is 6.99. The van der Waals surface area contributed by atoms with Crippen LogP contribution in [0.2, 0.25) is 0 Å². The van der Waals surface area contributed by atoms with E-state index in [0.717, 1.165) is 13.0 Å². The first-order valence-electron chi connectivity index (χ1n) is 5.31. The van der Waals surface area contributed by atoms with E-state index in [9.17, 15) is 14.3 Å². The van der Waals surface area contributed by atoms with Gasteiger partial charge in [0, 0.05) is 13.1 Å². The van der Waals surface area contributed by atoms with Crippen molar-refractivity contribution in [1.82, 2.24) is 4.90 Å². The lowest BCUT2D eigenvalue weighted by atomic mass is 9.87. The summed E-state index contributed by atoms with van der Waals surface area (Å²) >= 11 is 0. The maximum atomic E-state index is 13.2. The number of piperidine rings is 1. The van der Waals surface area contributed by atoms with Crippen molar-refractivity contribution in [3.8, 4) is 0 Å². The van der Waals surface area contributed by atoms with Gasteiger partial charge in [-0.3, -0.25) is 0 Å². The maximum absolute atomic E-state index is 13.2. The van der Waals surface area contributed by atoms with Crippen LogP contribution in [-0.4, -0.2) is 52.5 Å². The van der Waals surface area contributed by atoms with Crippen molar-refractivity contribution >= 4 is 5.97 Å². The second kappa shape index (κ2) is 4.90. The highest BCUT2D eigenvalue weighted by Crippen LogP contribution is 2.27. The molecule has 1 heterocycles. The average Bonchev–Trinajstić information content (AvgIpc) is 2.21. The van der Waals surface area contributed by atoms with Gasteiger partial charge in [-0.05, 0) is 25.8 Å². The van der Waals surface area contributed by atoms with Crippen molar-refractivity contribution < 1.29 is 19.4 Å². The Bertz CT molecular complexity index is 227. The summed E-state index contributed by atoms with van der Waals surface area (Å²) in [6.45, 7) is 4.10. The van der Waals surface area contributed by atoms with Gasteiger partial charge in [-0.2, -0.15) is 0 Å². The van der Waals surface area contributed by atoms with Crippen molar-refractivity contribution in [1.29, 1.82) is 0 Å². The highest BCUT2D eigenvalue weighted by Gasteiger charge is 2.44. The minimum Gasteiger partial charge on any atom is -0.479 e. The monoisotopic (exact) mass is 219 g/mol. The van der Waals surface area contributed by atoms with Crippen LogP contribution in [0.4, 0.5) is 4.39 Å². The number of alkyl halides is 1. The average molecular weight is 219 g/mol. The molecule has 1 fully saturated rings. The molecule has 5 heteroatoms. The molecule has 4 nitrogen and oxygen atoms in total. The van der Waals surface area contributed by atoms with E-state index < -0.39 is 17.7 Å². The smallest absolute Gasteiger partial charge is 0.341 e. The Morgan fingerprint density at radius 3 is 2.47 bits per heavy atom. The van der Waals surface area contributed by atoms with Gasteiger partial charge in [0.25, 0.3) is 0 Å². The van der Waals surface area contributed by atoms with Gasteiger partial charge in [0.1, 0.15) is 5.60 Å². The number of carbonyl (C=O) groups is 1. The van der Waals surface area contributed by atoms with E-state index in [2.05, 4.69) is 11.8 Å². The quantitative estimate of drug-likeness (QED) is 0.728. The molecule has 1 unspecified atom stereocenters. The van der Waals surface area contributed by atoms with Crippen molar-refractivity contribution in [3.63, 3.8) is 0 Å². The van der Waals surface area contributed by atoms with E-state index >= 15 is 0 Å². The molecule has 0 aromatic rings. The van der Waals surface area contributed by atoms with Crippen LogP contribution in [-0.2, 0) is 4.79 Å². The molecule has 1 atom stereocenters. The minimum absolute atomic E-state index is 0.195. The van der Waals surface area contributed by atoms with Crippen LogP contribution in [0, 0.1) is 0 Å². The molecule has 0 aliphatic carbocycles. The molecule has 0 spiro atoms. The number of aliphatic hydroxyl groups is 1. The summed E-state index contributed by atoms with van der Waals surface area (Å²) < 4.78 is 13.2. The summed E-state index contributed by atoms with van der Waals surface area (Å²) in [5.41, 5.74) is -1.67. The Morgan fingerprint density at radius 1 is 1.53 bits per heavy atom. The maximum Gasteiger partial charge on any atom is 0.341 e. The zero-order chi connectivity index (χ0) is 11.5. The lowest BCUT2D eigenvalue weighted by molar-refractivity contribution is -0.158. The van der Waals surface area contributed by atoms with Crippen molar-refractivity contribution in [2.45, 2.75) is 38.0 Å². The van der Waals surface area contributed by atoms with E-state index in [-0.39, 0.29) is 12.8 Å². The molecule has 0 bridgehead atoms. The zero-order valence-corrected chi connectivity index (χ0v) is 8.95. The SMILES string of the molecule is CCCN1CCC(O)(C(F)C(=O)O)CC1.